The molecular formula is C16H19ClFNO. The van der Waals surface area contributed by atoms with Crippen molar-refractivity contribution in [3.8, 4) is 5.75 Å². The Hall–Kier alpha value is -1.35. The average Bonchev–Trinajstić information content (AvgIpc) is 2.49. The molecule has 2 nitrogen and oxygen atoms in total. The molecule has 0 unspecified atom stereocenters. The van der Waals surface area contributed by atoms with Crippen molar-refractivity contribution in [2.24, 2.45) is 11.1 Å². The highest BCUT2D eigenvalue weighted by Gasteiger charge is 2.25. The van der Waals surface area contributed by atoms with E-state index in [-0.39, 0.29) is 22.5 Å². The van der Waals surface area contributed by atoms with Gasteiger partial charge in [-0.15, -0.1) is 6.58 Å². The lowest BCUT2D eigenvalue weighted by atomic mass is 9.78. The fourth-order valence-electron chi connectivity index (χ4n) is 2.71. The van der Waals surface area contributed by atoms with Crippen molar-refractivity contribution >= 4 is 17.8 Å². The first-order chi connectivity index (χ1) is 9.67. The highest BCUT2D eigenvalue weighted by Crippen LogP contribution is 2.40. The summed E-state index contributed by atoms with van der Waals surface area (Å²) in [5, 5.41) is 3.63. The molecule has 1 aromatic rings. The summed E-state index contributed by atoms with van der Waals surface area (Å²) in [6, 6.07) is 3.45. The Morgan fingerprint density at radius 2 is 2.05 bits per heavy atom. The SMILES string of the molecule is C=CC1CCC(c2ccc(ON=CC)c(Cl)c2F)CC1. The van der Waals surface area contributed by atoms with E-state index in [0.717, 1.165) is 25.7 Å². The summed E-state index contributed by atoms with van der Waals surface area (Å²) in [6.07, 6.45) is 7.54. The van der Waals surface area contributed by atoms with Gasteiger partial charge >= 0.3 is 0 Å². The quantitative estimate of drug-likeness (QED) is 0.418. The van der Waals surface area contributed by atoms with E-state index in [1.807, 2.05) is 6.08 Å². The summed E-state index contributed by atoms with van der Waals surface area (Å²) >= 11 is 6.02. The Bertz CT molecular complexity index is 507. The van der Waals surface area contributed by atoms with Crippen LogP contribution >= 0.6 is 11.6 Å². The third-order valence-electron chi connectivity index (χ3n) is 3.88. The molecule has 0 aromatic heterocycles. The van der Waals surface area contributed by atoms with Crippen LogP contribution in [0.1, 0.15) is 44.1 Å². The van der Waals surface area contributed by atoms with Crippen LogP contribution in [0.2, 0.25) is 5.02 Å². The molecule has 0 aliphatic heterocycles. The predicted octanol–water partition coefficient (Wildman–Crippen LogP) is 5.32. The van der Waals surface area contributed by atoms with Gasteiger partial charge in [-0.3, -0.25) is 0 Å². The van der Waals surface area contributed by atoms with Gasteiger partial charge < -0.3 is 4.84 Å². The zero-order valence-electron chi connectivity index (χ0n) is 11.6. The Morgan fingerprint density at radius 1 is 1.35 bits per heavy atom. The van der Waals surface area contributed by atoms with Gasteiger partial charge in [-0.1, -0.05) is 28.9 Å². The van der Waals surface area contributed by atoms with Crippen molar-refractivity contribution in [1.82, 2.24) is 0 Å². The van der Waals surface area contributed by atoms with Gasteiger partial charge in [-0.2, -0.15) is 0 Å². The van der Waals surface area contributed by atoms with Gasteiger partial charge in [0.25, 0.3) is 0 Å². The van der Waals surface area contributed by atoms with E-state index in [4.69, 9.17) is 16.4 Å². The fourth-order valence-corrected chi connectivity index (χ4v) is 2.91. The first kappa shape index (κ1) is 15.0. The highest BCUT2D eigenvalue weighted by molar-refractivity contribution is 6.32. The molecule has 0 radical (unpaired) electrons. The van der Waals surface area contributed by atoms with E-state index in [2.05, 4.69) is 11.7 Å². The van der Waals surface area contributed by atoms with Crippen molar-refractivity contribution in [2.75, 3.05) is 0 Å². The van der Waals surface area contributed by atoms with Crippen LogP contribution in [0, 0.1) is 11.7 Å². The lowest BCUT2D eigenvalue weighted by molar-refractivity contribution is 0.339. The molecule has 0 heterocycles. The van der Waals surface area contributed by atoms with Crippen molar-refractivity contribution in [1.29, 1.82) is 0 Å². The smallest absolute Gasteiger partial charge is 0.179 e. The lowest BCUT2D eigenvalue weighted by Gasteiger charge is -2.27. The summed E-state index contributed by atoms with van der Waals surface area (Å²) in [6.45, 7) is 5.55. The summed E-state index contributed by atoms with van der Waals surface area (Å²) in [4.78, 5) is 5.03. The molecule has 1 aliphatic rings. The summed E-state index contributed by atoms with van der Waals surface area (Å²) in [5.74, 6) is 0.669. The zero-order chi connectivity index (χ0) is 14.5. The molecule has 0 spiro atoms. The average molecular weight is 296 g/mol. The third-order valence-corrected chi connectivity index (χ3v) is 4.23. The number of hydrogen-bond acceptors (Lipinski definition) is 2. The number of benzene rings is 1. The lowest BCUT2D eigenvalue weighted by Crippen LogP contribution is -2.13. The number of allylic oxidation sites excluding steroid dienone is 1. The van der Waals surface area contributed by atoms with Crippen molar-refractivity contribution in [2.45, 2.75) is 38.5 Å². The minimum atomic E-state index is -0.377. The molecular weight excluding hydrogens is 277 g/mol. The van der Waals surface area contributed by atoms with E-state index in [9.17, 15) is 4.39 Å². The minimum absolute atomic E-state index is 0.0129. The van der Waals surface area contributed by atoms with E-state index < -0.39 is 0 Å². The standard InChI is InChI=1S/C16H19ClFNO/c1-3-11-5-7-12(8-6-11)13-9-10-14(20-19-4-2)15(17)16(13)18/h3-4,9-12H,1,5-8H2,2H3. The number of hydrogen-bond donors (Lipinski definition) is 0. The van der Waals surface area contributed by atoms with Crippen molar-refractivity contribution in [3.63, 3.8) is 0 Å². The molecule has 1 fully saturated rings. The second-order valence-corrected chi connectivity index (χ2v) is 5.46. The van der Waals surface area contributed by atoms with Gasteiger partial charge in [0.15, 0.2) is 5.75 Å². The summed E-state index contributed by atoms with van der Waals surface area (Å²) in [5.41, 5.74) is 0.686. The van der Waals surface area contributed by atoms with Crippen molar-refractivity contribution < 1.29 is 9.23 Å². The first-order valence-electron chi connectivity index (χ1n) is 6.92. The van der Waals surface area contributed by atoms with Gasteiger partial charge in [-0.25, -0.2) is 4.39 Å². The largest absolute Gasteiger partial charge is 0.356 e. The molecule has 0 amide bonds. The molecule has 20 heavy (non-hydrogen) atoms. The normalized spacial score (nSPS) is 22.9. The maximum atomic E-state index is 14.4. The monoisotopic (exact) mass is 295 g/mol. The Balaban J connectivity index is 2.17. The third kappa shape index (κ3) is 3.21. The molecule has 2 rings (SSSR count). The van der Waals surface area contributed by atoms with E-state index >= 15 is 0 Å². The van der Waals surface area contributed by atoms with E-state index in [1.54, 1.807) is 19.1 Å². The molecule has 1 aliphatic carbocycles. The Morgan fingerprint density at radius 3 is 2.65 bits per heavy atom. The van der Waals surface area contributed by atoms with Gasteiger partial charge in [-0.05, 0) is 56.1 Å². The van der Waals surface area contributed by atoms with Gasteiger partial charge in [0, 0.05) is 6.21 Å². The maximum Gasteiger partial charge on any atom is 0.179 e. The van der Waals surface area contributed by atoms with Crippen LogP contribution in [0.15, 0.2) is 29.9 Å². The van der Waals surface area contributed by atoms with Crippen LogP contribution in [-0.4, -0.2) is 6.21 Å². The minimum Gasteiger partial charge on any atom is -0.356 e. The number of rotatable bonds is 4. The summed E-state index contributed by atoms with van der Waals surface area (Å²) < 4.78 is 14.4. The molecule has 0 N–H and O–H groups in total. The number of oxime groups is 1. The molecule has 0 atom stereocenters. The van der Waals surface area contributed by atoms with Crippen LogP contribution in [0.25, 0.3) is 0 Å². The number of nitrogens with zero attached hydrogens (tertiary/aromatic N) is 1. The predicted molar refractivity (Wildman–Crippen MR) is 81.1 cm³/mol. The first-order valence-corrected chi connectivity index (χ1v) is 7.30. The van der Waals surface area contributed by atoms with Crippen LogP contribution in [0.4, 0.5) is 4.39 Å². The van der Waals surface area contributed by atoms with E-state index in [1.165, 1.54) is 6.21 Å². The second-order valence-electron chi connectivity index (χ2n) is 5.08. The maximum absolute atomic E-state index is 14.4. The molecule has 1 aromatic carbocycles. The summed E-state index contributed by atoms with van der Waals surface area (Å²) in [7, 11) is 0. The molecule has 0 bridgehead atoms. The van der Waals surface area contributed by atoms with Crippen molar-refractivity contribution in [3.05, 3.63) is 41.2 Å². The molecule has 0 saturated heterocycles. The fraction of sp³-hybridized carbons (Fsp3) is 0.438. The topological polar surface area (TPSA) is 21.6 Å². The number of halogens is 2. The van der Waals surface area contributed by atoms with Gasteiger partial charge in [0.2, 0.25) is 0 Å². The van der Waals surface area contributed by atoms with Crippen LogP contribution in [0.5, 0.6) is 5.75 Å². The van der Waals surface area contributed by atoms with Gasteiger partial charge in [0.05, 0.1) is 0 Å². The molecule has 108 valence electrons. The van der Waals surface area contributed by atoms with Crippen LogP contribution < -0.4 is 4.84 Å². The highest BCUT2D eigenvalue weighted by atomic mass is 35.5. The molecule has 1 saturated carbocycles. The van der Waals surface area contributed by atoms with Crippen LogP contribution in [-0.2, 0) is 0 Å². The Kier molecular flexibility index (Phi) is 5.18. The van der Waals surface area contributed by atoms with E-state index in [0.29, 0.717) is 11.5 Å². The zero-order valence-corrected chi connectivity index (χ0v) is 12.4. The van der Waals surface area contributed by atoms with Crippen LogP contribution in [0.3, 0.4) is 0 Å². The Labute approximate surface area is 124 Å². The second kappa shape index (κ2) is 6.89. The molecule has 4 heteroatoms. The van der Waals surface area contributed by atoms with Gasteiger partial charge in [0.1, 0.15) is 10.8 Å².